The number of benzene rings is 1. The number of rotatable bonds is 2. The van der Waals surface area contributed by atoms with Crippen LogP contribution in [0.15, 0.2) is 18.2 Å². The average Bonchev–Trinajstić information content (AvgIpc) is 2.55. The summed E-state index contributed by atoms with van der Waals surface area (Å²) in [4.78, 5) is 4.48. The van der Waals surface area contributed by atoms with Crippen LogP contribution in [0.5, 0.6) is 0 Å². The molecule has 1 aromatic heterocycles. The van der Waals surface area contributed by atoms with Crippen molar-refractivity contribution in [2.75, 3.05) is 19.1 Å². The Hall–Kier alpha value is -1.22. The van der Waals surface area contributed by atoms with Crippen LogP contribution in [0.4, 0.5) is 0 Å². The Morgan fingerprint density at radius 2 is 2.13 bits per heavy atom. The minimum atomic E-state index is 0.423. The lowest BCUT2D eigenvalue weighted by Crippen LogP contribution is -2.26. The standard InChI is InChI=1S/C11H14ClN3/c1-8-4-5-9-10(6-8)15(14(2)3)11(7-12)13-9/h4-6H,7H2,1-3H3. The summed E-state index contributed by atoms with van der Waals surface area (Å²) >= 11 is 5.88. The highest BCUT2D eigenvalue weighted by atomic mass is 35.5. The van der Waals surface area contributed by atoms with Crippen LogP contribution < -0.4 is 5.01 Å². The Morgan fingerprint density at radius 3 is 2.73 bits per heavy atom. The molecular formula is C11H14ClN3. The second kappa shape index (κ2) is 3.74. The van der Waals surface area contributed by atoms with E-state index in [-0.39, 0.29) is 0 Å². The molecule has 0 atom stereocenters. The fraction of sp³-hybridized carbons (Fsp3) is 0.364. The fourth-order valence-corrected chi connectivity index (χ4v) is 1.93. The Balaban J connectivity index is 2.76. The molecule has 4 heteroatoms. The molecule has 3 nitrogen and oxygen atoms in total. The van der Waals surface area contributed by atoms with Crippen molar-refractivity contribution in [1.29, 1.82) is 0 Å². The van der Waals surface area contributed by atoms with E-state index in [1.54, 1.807) is 0 Å². The van der Waals surface area contributed by atoms with Crippen molar-refractivity contribution >= 4 is 22.6 Å². The molecule has 0 bridgehead atoms. The van der Waals surface area contributed by atoms with Crippen molar-refractivity contribution in [1.82, 2.24) is 9.66 Å². The van der Waals surface area contributed by atoms with Gasteiger partial charge in [-0.05, 0) is 24.6 Å². The molecule has 0 aliphatic carbocycles. The van der Waals surface area contributed by atoms with E-state index in [9.17, 15) is 0 Å². The van der Waals surface area contributed by atoms with Crippen LogP contribution >= 0.6 is 11.6 Å². The molecule has 0 N–H and O–H groups in total. The molecular weight excluding hydrogens is 210 g/mol. The maximum absolute atomic E-state index is 5.88. The quantitative estimate of drug-likeness (QED) is 0.729. The van der Waals surface area contributed by atoms with Gasteiger partial charge in [0.15, 0.2) is 0 Å². The summed E-state index contributed by atoms with van der Waals surface area (Å²) in [6, 6.07) is 6.21. The number of alkyl halides is 1. The third kappa shape index (κ3) is 1.67. The summed E-state index contributed by atoms with van der Waals surface area (Å²) < 4.78 is 2.04. The maximum atomic E-state index is 5.88. The Morgan fingerprint density at radius 1 is 1.40 bits per heavy atom. The van der Waals surface area contributed by atoms with E-state index in [0.717, 1.165) is 16.9 Å². The molecule has 1 aromatic carbocycles. The van der Waals surface area contributed by atoms with Gasteiger partial charge < -0.3 is 5.01 Å². The Kier molecular flexibility index (Phi) is 2.57. The maximum Gasteiger partial charge on any atom is 0.143 e. The van der Waals surface area contributed by atoms with Gasteiger partial charge in [0.1, 0.15) is 5.82 Å². The van der Waals surface area contributed by atoms with Crippen molar-refractivity contribution in [3.05, 3.63) is 29.6 Å². The van der Waals surface area contributed by atoms with E-state index in [1.165, 1.54) is 5.56 Å². The molecule has 0 amide bonds. The summed E-state index contributed by atoms with van der Waals surface area (Å²) in [6.07, 6.45) is 0. The van der Waals surface area contributed by atoms with Crippen LogP contribution in [0.25, 0.3) is 11.0 Å². The van der Waals surface area contributed by atoms with Crippen LogP contribution in [-0.4, -0.2) is 23.8 Å². The highest BCUT2D eigenvalue weighted by Crippen LogP contribution is 2.18. The van der Waals surface area contributed by atoms with Crippen LogP contribution in [-0.2, 0) is 5.88 Å². The number of hydrogen-bond donors (Lipinski definition) is 0. The highest BCUT2D eigenvalue weighted by molar-refractivity contribution is 6.16. The van der Waals surface area contributed by atoms with Gasteiger partial charge in [-0.1, -0.05) is 6.07 Å². The van der Waals surface area contributed by atoms with Crippen LogP contribution in [0, 0.1) is 6.92 Å². The molecule has 0 saturated heterocycles. The third-order valence-corrected chi connectivity index (χ3v) is 2.61. The zero-order valence-corrected chi connectivity index (χ0v) is 9.91. The molecule has 2 rings (SSSR count). The van der Waals surface area contributed by atoms with Gasteiger partial charge in [0.2, 0.25) is 0 Å². The van der Waals surface area contributed by atoms with Gasteiger partial charge in [0, 0.05) is 14.1 Å². The Labute approximate surface area is 94.2 Å². The topological polar surface area (TPSA) is 21.1 Å². The van der Waals surface area contributed by atoms with Crippen molar-refractivity contribution in [3.63, 3.8) is 0 Å². The lowest BCUT2D eigenvalue weighted by molar-refractivity contribution is 0.719. The zero-order chi connectivity index (χ0) is 11.0. The molecule has 0 unspecified atom stereocenters. The molecule has 80 valence electrons. The van der Waals surface area contributed by atoms with Crippen molar-refractivity contribution in [2.24, 2.45) is 0 Å². The summed E-state index contributed by atoms with van der Waals surface area (Å²) in [5, 5.41) is 1.99. The van der Waals surface area contributed by atoms with Gasteiger partial charge in [-0.25, -0.2) is 9.66 Å². The largest absolute Gasteiger partial charge is 0.317 e. The van der Waals surface area contributed by atoms with Gasteiger partial charge in [-0.2, -0.15) is 0 Å². The van der Waals surface area contributed by atoms with E-state index in [4.69, 9.17) is 11.6 Å². The summed E-state index contributed by atoms with van der Waals surface area (Å²) in [5.74, 6) is 1.30. The van der Waals surface area contributed by atoms with Crippen LogP contribution in [0.3, 0.4) is 0 Å². The molecule has 0 aliphatic heterocycles. The molecule has 0 saturated carbocycles. The normalized spacial score (nSPS) is 10.9. The number of halogens is 1. The average molecular weight is 224 g/mol. The van der Waals surface area contributed by atoms with E-state index < -0.39 is 0 Å². The molecule has 0 spiro atoms. The van der Waals surface area contributed by atoms with Crippen molar-refractivity contribution in [2.45, 2.75) is 12.8 Å². The number of imidazole rings is 1. The minimum absolute atomic E-state index is 0.423. The molecule has 15 heavy (non-hydrogen) atoms. The monoisotopic (exact) mass is 223 g/mol. The van der Waals surface area contributed by atoms with Gasteiger partial charge in [0.25, 0.3) is 0 Å². The summed E-state index contributed by atoms with van der Waals surface area (Å²) in [5.41, 5.74) is 3.33. The first-order valence-corrected chi connectivity index (χ1v) is 5.38. The highest BCUT2D eigenvalue weighted by Gasteiger charge is 2.10. The van der Waals surface area contributed by atoms with E-state index in [1.807, 2.05) is 29.8 Å². The van der Waals surface area contributed by atoms with Crippen molar-refractivity contribution < 1.29 is 0 Å². The summed E-state index contributed by atoms with van der Waals surface area (Å²) in [6.45, 7) is 2.08. The van der Waals surface area contributed by atoms with E-state index >= 15 is 0 Å². The molecule has 1 heterocycles. The molecule has 0 radical (unpaired) electrons. The number of nitrogens with zero attached hydrogens (tertiary/aromatic N) is 3. The second-order valence-electron chi connectivity index (χ2n) is 3.81. The number of hydrogen-bond acceptors (Lipinski definition) is 2. The lowest BCUT2D eigenvalue weighted by atomic mass is 10.2. The second-order valence-corrected chi connectivity index (χ2v) is 4.08. The molecule has 2 aromatic rings. The first kappa shape index (κ1) is 10.3. The summed E-state index contributed by atoms with van der Waals surface area (Å²) in [7, 11) is 3.97. The molecule has 0 fully saturated rings. The molecule has 0 aliphatic rings. The number of fused-ring (bicyclic) bond motifs is 1. The van der Waals surface area contributed by atoms with Gasteiger partial charge in [-0.15, -0.1) is 11.6 Å². The van der Waals surface area contributed by atoms with Crippen LogP contribution in [0.2, 0.25) is 0 Å². The zero-order valence-electron chi connectivity index (χ0n) is 9.16. The lowest BCUT2D eigenvalue weighted by Gasteiger charge is -2.17. The van der Waals surface area contributed by atoms with Gasteiger partial charge in [-0.3, -0.25) is 0 Å². The first-order chi connectivity index (χ1) is 7.13. The van der Waals surface area contributed by atoms with Crippen molar-refractivity contribution in [3.8, 4) is 0 Å². The Bertz CT molecular complexity index is 488. The SMILES string of the molecule is Cc1ccc2nc(CCl)n(N(C)C)c2c1. The number of aryl methyl sites for hydroxylation is 1. The van der Waals surface area contributed by atoms with Gasteiger partial charge >= 0.3 is 0 Å². The van der Waals surface area contributed by atoms with E-state index in [2.05, 4.69) is 24.0 Å². The van der Waals surface area contributed by atoms with Crippen LogP contribution in [0.1, 0.15) is 11.4 Å². The third-order valence-electron chi connectivity index (χ3n) is 2.37. The fourth-order valence-electron chi connectivity index (χ4n) is 1.76. The smallest absolute Gasteiger partial charge is 0.143 e. The van der Waals surface area contributed by atoms with Gasteiger partial charge in [0.05, 0.1) is 16.9 Å². The van der Waals surface area contributed by atoms with E-state index in [0.29, 0.717) is 5.88 Å². The predicted octanol–water partition coefficient (Wildman–Crippen LogP) is 2.28. The first-order valence-electron chi connectivity index (χ1n) is 4.85. The minimum Gasteiger partial charge on any atom is -0.317 e. The number of aromatic nitrogens is 2. The predicted molar refractivity (Wildman–Crippen MR) is 64.1 cm³/mol.